The Labute approximate surface area is 147 Å². The van der Waals surface area contributed by atoms with Crippen molar-refractivity contribution in [3.8, 4) is 0 Å². The summed E-state index contributed by atoms with van der Waals surface area (Å²) in [5.41, 5.74) is 5.28. The molecule has 3 atom stereocenters. The van der Waals surface area contributed by atoms with Crippen molar-refractivity contribution in [2.24, 2.45) is 5.92 Å². The van der Waals surface area contributed by atoms with Gasteiger partial charge in [0.1, 0.15) is 0 Å². The van der Waals surface area contributed by atoms with E-state index in [2.05, 4.69) is 48.7 Å². The minimum absolute atomic E-state index is 0.268. The van der Waals surface area contributed by atoms with Crippen molar-refractivity contribution in [3.63, 3.8) is 0 Å². The predicted octanol–water partition coefficient (Wildman–Crippen LogP) is 6.38. The number of rotatable bonds is 2. The van der Waals surface area contributed by atoms with E-state index in [1.165, 1.54) is 22.4 Å². The molecule has 0 unspecified atom stereocenters. The molecule has 1 aliphatic heterocycles. The summed E-state index contributed by atoms with van der Waals surface area (Å²) < 4.78 is 0. The van der Waals surface area contributed by atoms with Gasteiger partial charge in [0.15, 0.2) is 0 Å². The van der Waals surface area contributed by atoms with E-state index >= 15 is 0 Å². The van der Waals surface area contributed by atoms with Crippen LogP contribution < -0.4 is 5.32 Å². The van der Waals surface area contributed by atoms with Gasteiger partial charge >= 0.3 is 0 Å². The van der Waals surface area contributed by atoms with Gasteiger partial charge in [0.05, 0.1) is 16.1 Å². The normalized spacial score (nSPS) is 24.9. The smallest absolute Gasteiger partial charge is 0.0595 e. The van der Waals surface area contributed by atoms with Crippen LogP contribution in [0, 0.1) is 5.92 Å². The Hall–Kier alpha value is -1.44. The highest BCUT2D eigenvalue weighted by atomic mass is 35.5. The van der Waals surface area contributed by atoms with E-state index in [1.54, 1.807) is 0 Å². The molecule has 0 fully saturated rings. The van der Waals surface area contributed by atoms with Crippen molar-refractivity contribution in [2.75, 3.05) is 5.32 Å². The third-order valence-corrected chi connectivity index (χ3v) is 5.88. The molecule has 2 aliphatic rings. The summed E-state index contributed by atoms with van der Waals surface area (Å²) in [4.78, 5) is 0. The Morgan fingerprint density at radius 3 is 2.74 bits per heavy atom. The van der Waals surface area contributed by atoms with E-state index in [1.807, 2.05) is 12.1 Å². The number of fused-ring (bicyclic) bond motifs is 3. The second kappa shape index (κ2) is 5.89. The summed E-state index contributed by atoms with van der Waals surface area (Å²) in [5.74, 6) is 1.02. The maximum atomic E-state index is 6.24. The lowest BCUT2D eigenvalue weighted by molar-refractivity contribution is 0.425. The van der Waals surface area contributed by atoms with E-state index in [-0.39, 0.29) is 6.04 Å². The van der Waals surface area contributed by atoms with Gasteiger partial charge < -0.3 is 5.32 Å². The van der Waals surface area contributed by atoms with Gasteiger partial charge in [0, 0.05) is 11.6 Å². The number of halogens is 2. The fraction of sp³-hybridized carbons (Fsp3) is 0.300. The van der Waals surface area contributed by atoms with Gasteiger partial charge in [-0.3, -0.25) is 0 Å². The summed E-state index contributed by atoms with van der Waals surface area (Å²) in [5, 5.41) is 4.98. The van der Waals surface area contributed by atoms with Crippen LogP contribution >= 0.6 is 23.2 Å². The van der Waals surface area contributed by atoms with E-state index in [0.717, 1.165) is 12.8 Å². The highest BCUT2D eigenvalue weighted by Crippen LogP contribution is 2.50. The number of allylic oxidation sites excluding steroid dienone is 2. The molecule has 118 valence electrons. The van der Waals surface area contributed by atoms with E-state index in [4.69, 9.17) is 23.2 Å². The first-order valence-corrected chi connectivity index (χ1v) is 8.94. The summed E-state index contributed by atoms with van der Waals surface area (Å²) >= 11 is 12.3. The lowest BCUT2D eigenvalue weighted by Gasteiger charge is -2.38. The molecule has 0 radical (unpaired) electrons. The van der Waals surface area contributed by atoms with Crippen LogP contribution in [0.1, 0.15) is 42.0 Å². The fourth-order valence-corrected chi connectivity index (χ4v) is 4.21. The maximum absolute atomic E-state index is 6.24. The SMILES string of the molecule is CCc1ccc2c(c1)[C@@H]1C=CC[C@H]1[C@@H](c1ccc(Cl)c(Cl)c1)N2. The largest absolute Gasteiger partial charge is 0.378 e. The van der Waals surface area contributed by atoms with Crippen molar-refractivity contribution in [2.45, 2.75) is 31.7 Å². The van der Waals surface area contributed by atoms with Crippen LogP contribution in [0.4, 0.5) is 5.69 Å². The number of benzene rings is 2. The quantitative estimate of drug-likeness (QED) is 0.623. The Kier molecular flexibility index (Phi) is 3.87. The van der Waals surface area contributed by atoms with Gasteiger partial charge in [-0.2, -0.15) is 0 Å². The van der Waals surface area contributed by atoms with Crippen LogP contribution in [-0.2, 0) is 6.42 Å². The Bertz CT molecular complexity index is 781. The highest BCUT2D eigenvalue weighted by molar-refractivity contribution is 6.42. The minimum atomic E-state index is 0.268. The van der Waals surface area contributed by atoms with Gasteiger partial charge in [0.25, 0.3) is 0 Å². The summed E-state index contributed by atoms with van der Waals surface area (Å²) in [6.07, 6.45) is 6.85. The van der Waals surface area contributed by atoms with Crippen LogP contribution in [0.2, 0.25) is 10.0 Å². The van der Waals surface area contributed by atoms with Crippen molar-refractivity contribution in [1.82, 2.24) is 0 Å². The van der Waals surface area contributed by atoms with Crippen molar-refractivity contribution >= 4 is 28.9 Å². The molecule has 0 saturated heterocycles. The number of aryl methyl sites for hydroxylation is 1. The average molecular weight is 344 g/mol. The second-order valence-corrected chi connectivity index (χ2v) is 7.24. The number of anilines is 1. The Morgan fingerprint density at radius 1 is 1.09 bits per heavy atom. The highest BCUT2D eigenvalue weighted by Gasteiger charge is 2.37. The molecule has 4 rings (SSSR count). The molecule has 1 nitrogen and oxygen atoms in total. The summed E-state index contributed by atoms with van der Waals surface area (Å²) in [6, 6.07) is 13.1. The van der Waals surface area contributed by atoms with Crippen LogP contribution in [-0.4, -0.2) is 0 Å². The molecule has 1 aliphatic carbocycles. The number of hydrogen-bond acceptors (Lipinski definition) is 1. The molecule has 1 heterocycles. The molecule has 0 saturated carbocycles. The summed E-state index contributed by atoms with van der Waals surface area (Å²) in [7, 11) is 0. The number of hydrogen-bond donors (Lipinski definition) is 1. The molecule has 0 spiro atoms. The van der Waals surface area contributed by atoms with Crippen molar-refractivity contribution in [3.05, 3.63) is 75.3 Å². The molecular weight excluding hydrogens is 325 g/mol. The molecule has 3 heteroatoms. The zero-order chi connectivity index (χ0) is 16.0. The molecule has 2 aromatic rings. The first kappa shape index (κ1) is 15.1. The van der Waals surface area contributed by atoms with Crippen LogP contribution in [0.25, 0.3) is 0 Å². The van der Waals surface area contributed by atoms with Crippen LogP contribution in [0.15, 0.2) is 48.6 Å². The van der Waals surface area contributed by atoms with Crippen LogP contribution in [0.5, 0.6) is 0 Å². The van der Waals surface area contributed by atoms with Crippen molar-refractivity contribution < 1.29 is 0 Å². The zero-order valence-corrected chi connectivity index (χ0v) is 14.5. The molecule has 0 amide bonds. The van der Waals surface area contributed by atoms with E-state index in [0.29, 0.717) is 21.9 Å². The minimum Gasteiger partial charge on any atom is -0.378 e. The fourth-order valence-electron chi connectivity index (χ4n) is 3.90. The standard InChI is InChI=1S/C20H19Cl2N/c1-2-12-6-9-19-16(10-12)14-4-3-5-15(14)20(23-19)13-7-8-17(21)18(22)11-13/h3-4,6-11,14-15,20,23H,2,5H2,1H3/t14-,15-,20-/m1/s1. The lowest BCUT2D eigenvalue weighted by atomic mass is 9.76. The lowest BCUT2D eigenvalue weighted by Crippen LogP contribution is -2.29. The van der Waals surface area contributed by atoms with Gasteiger partial charge in [-0.15, -0.1) is 0 Å². The molecule has 0 bridgehead atoms. The Morgan fingerprint density at radius 2 is 1.96 bits per heavy atom. The Balaban J connectivity index is 1.77. The number of nitrogens with one attached hydrogen (secondary N) is 1. The van der Waals surface area contributed by atoms with Crippen LogP contribution in [0.3, 0.4) is 0 Å². The molecule has 23 heavy (non-hydrogen) atoms. The first-order chi connectivity index (χ1) is 11.2. The maximum Gasteiger partial charge on any atom is 0.0595 e. The predicted molar refractivity (Wildman–Crippen MR) is 98.6 cm³/mol. The van der Waals surface area contributed by atoms with Gasteiger partial charge in [-0.25, -0.2) is 0 Å². The molecule has 1 N–H and O–H groups in total. The van der Waals surface area contributed by atoms with Gasteiger partial charge in [-0.1, -0.05) is 60.5 Å². The van der Waals surface area contributed by atoms with Gasteiger partial charge in [0.2, 0.25) is 0 Å². The summed E-state index contributed by atoms with van der Waals surface area (Å²) in [6.45, 7) is 2.21. The first-order valence-electron chi connectivity index (χ1n) is 8.18. The third kappa shape index (κ3) is 2.56. The molecular formula is C20H19Cl2N. The second-order valence-electron chi connectivity index (χ2n) is 6.42. The zero-order valence-electron chi connectivity index (χ0n) is 13.0. The van der Waals surface area contributed by atoms with E-state index < -0.39 is 0 Å². The van der Waals surface area contributed by atoms with E-state index in [9.17, 15) is 0 Å². The average Bonchev–Trinajstić information content (AvgIpc) is 3.06. The van der Waals surface area contributed by atoms with Gasteiger partial charge in [-0.05, 0) is 53.6 Å². The third-order valence-electron chi connectivity index (χ3n) is 5.14. The molecule has 2 aromatic carbocycles. The topological polar surface area (TPSA) is 12.0 Å². The van der Waals surface area contributed by atoms with Crippen molar-refractivity contribution in [1.29, 1.82) is 0 Å². The molecule has 0 aromatic heterocycles. The monoisotopic (exact) mass is 343 g/mol.